The molecule has 0 N–H and O–H groups in total. The number of nitriles is 1. The summed E-state index contributed by atoms with van der Waals surface area (Å²) in [5.41, 5.74) is 2.49. The van der Waals surface area contributed by atoms with E-state index in [0.717, 1.165) is 16.9 Å². The van der Waals surface area contributed by atoms with Gasteiger partial charge >= 0.3 is 0 Å². The minimum atomic E-state index is -0.922. The Kier molecular flexibility index (Phi) is 4.27. The van der Waals surface area contributed by atoms with Gasteiger partial charge < -0.3 is 9.47 Å². The second-order valence-electron chi connectivity index (χ2n) is 5.16. The first-order chi connectivity index (χ1) is 9.92. The topological polar surface area (TPSA) is 32.0 Å². The number of benzene rings is 1. The molecule has 0 amide bonds. The summed E-state index contributed by atoms with van der Waals surface area (Å²) in [6.07, 6.45) is 0.960. The summed E-state index contributed by atoms with van der Waals surface area (Å²) in [7, 11) is 3.68. The molecule has 5 heteroatoms. The second-order valence-corrected chi connectivity index (χ2v) is 5.16. The van der Waals surface area contributed by atoms with Gasteiger partial charge in [-0.15, -0.1) is 0 Å². The Morgan fingerprint density at radius 2 is 2.10 bits per heavy atom. The number of alkyl halides is 1. The molecule has 0 spiro atoms. The van der Waals surface area contributed by atoms with Gasteiger partial charge in [0.05, 0.1) is 11.3 Å². The average Bonchev–Trinajstić information content (AvgIpc) is 2.81. The van der Waals surface area contributed by atoms with E-state index in [-0.39, 0.29) is 5.56 Å². The molecule has 1 aromatic heterocycles. The molecule has 0 fully saturated rings. The summed E-state index contributed by atoms with van der Waals surface area (Å²) in [5.74, 6) is -0.529. The number of aromatic nitrogens is 1. The van der Waals surface area contributed by atoms with Crippen LogP contribution in [0.2, 0.25) is 0 Å². The van der Waals surface area contributed by atoms with Gasteiger partial charge in [-0.25, -0.2) is 8.78 Å². The van der Waals surface area contributed by atoms with Crippen molar-refractivity contribution in [2.45, 2.75) is 13.1 Å². The van der Waals surface area contributed by atoms with Crippen LogP contribution in [0.4, 0.5) is 14.5 Å². The van der Waals surface area contributed by atoms with Crippen molar-refractivity contribution in [2.75, 3.05) is 18.5 Å². The van der Waals surface area contributed by atoms with Crippen LogP contribution in [-0.2, 0) is 7.05 Å². The Labute approximate surface area is 123 Å². The fraction of sp³-hybridized carbons (Fsp3) is 0.312. The smallest absolute Gasteiger partial charge is 0.140 e. The van der Waals surface area contributed by atoms with E-state index in [4.69, 9.17) is 5.26 Å². The van der Waals surface area contributed by atoms with Crippen LogP contribution in [0.25, 0.3) is 11.3 Å². The predicted molar refractivity (Wildman–Crippen MR) is 79.4 cm³/mol. The van der Waals surface area contributed by atoms with Gasteiger partial charge in [-0.3, -0.25) is 0 Å². The van der Waals surface area contributed by atoms with Crippen molar-refractivity contribution in [3.63, 3.8) is 0 Å². The molecule has 0 saturated carbocycles. The SMILES string of the molecule is CC(F)CN(C)c1cc(-c2ccc(F)c(C#N)c2)n(C)c1. The summed E-state index contributed by atoms with van der Waals surface area (Å²) >= 11 is 0. The van der Waals surface area contributed by atoms with Crippen LogP contribution in [0.1, 0.15) is 12.5 Å². The largest absolute Gasteiger partial charge is 0.370 e. The van der Waals surface area contributed by atoms with Crippen LogP contribution in [0, 0.1) is 17.1 Å². The number of hydrogen-bond acceptors (Lipinski definition) is 2. The summed E-state index contributed by atoms with van der Waals surface area (Å²) in [6.45, 7) is 1.82. The molecule has 0 bridgehead atoms. The number of rotatable bonds is 4. The zero-order valence-corrected chi connectivity index (χ0v) is 12.3. The molecule has 0 aliphatic carbocycles. The van der Waals surface area contributed by atoms with Gasteiger partial charge in [0.1, 0.15) is 18.1 Å². The van der Waals surface area contributed by atoms with E-state index < -0.39 is 12.0 Å². The second kappa shape index (κ2) is 5.96. The van der Waals surface area contributed by atoms with Crippen molar-refractivity contribution >= 4 is 5.69 Å². The fourth-order valence-corrected chi connectivity index (χ4v) is 2.30. The molecule has 21 heavy (non-hydrogen) atoms. The van der Waals surface area contributed by atoms with E-state index in [1.165, 1.54) is 19.1 Å². The summed E-state index contributed by atoms with van der Waals surface area (Å²) < 4.78 is 28.3. The van der Waals surface area contributed by atoms with Gasteiger partial charge in [0.15, 0.2) is 0 Å². The lowest BCUT2D eigenvalue weighted by atomic mass is 10.1. The standard InChI is InChI=1S/C16H17F2N3/c1-11(17)9-20(2)14-7-16(21(3)10-14)12-4-5-15(18)13(6-12)8-19/h4-7,10-11H,9H2,1-3H3. The third kappa shape index (κ3) is 3.22. The highest BCUT2D eigenvalue weighted by Gasteiger charge is 2.12. The van der Waals surface area contributed by atoms with E-state index in [0.29, 0.717) is 6.54 Å². The molecule has 0 radical (unpaired) electrons. The highest BCUT2D eigenvalue weighted by molar-refractivity contribution is 5.68. The van der Waals surface area contributed by atoms with Gasteiger partial charge in [0.25, 0.3) is 0 Å². The normalized spacial score (nSPS) is 12.0. The third-order valence-electron chi connectivity index (χ3n) is 3.34. The fourth-order valence-electron chi connectivity index (χ4n) is 2.30. The van der Waals surface area contributed by atoms with Crippen LogP contribution in [0.3, 0.4) is 0 Å². The van der Waals surface area contributed by atoms with Gasteiger partial charge in [-0.2, -0.15) is 5.26 Å². The monoisotopic (exact) mass is 289 g/mol. The number of halogens is 2. The first kappa shape index (κ1) is 15.0. The Balaban J connectivity index is 2.37. The molecule has 1 unspecified atom stereocenters. The van der Waals surface area contributed by atoms with Gasteiger partial charge in [0, 0.05) is 32.5 Å². The van der Waals surface area contributed by atoms with Gasteiger partial charge in [0.2, 0.25) is 0 Å². The van der Waals surface area contributed by atoms with Crippen LogP contribution < -0.4 is 4.90 Å². The Bertz CT molecular complexity index is 683. The highest BCUT2D eigenvalue weighted by Crippen LogP contribution is 2.27. The highest BCUT2D eigenvalue weighted by atomic mass is 19.1. The zero-order chi connectivity index (χ0) is 15.6. The zero-order valence-electron chi connectivity index (χ0n) is 12.3. The molecule has 0 aliphatic rings. The molecule has 2 rings (SSSR count). The van der Waals surface area contributed by atoms with Gasteiger partial charge in [-0.1, -0.05) is 0 Å². The first-order valence-electron chi connectivity index (χ1n) is 6.64. The van der Waals surface area contributed by atoms with Crippen LogP contribution >= 0.6 is 0 Å². The van der Waals surface area contributed by atoms with E-state index in [2.05, 4.69) is 0 Å². The molecular formula is C16H17F2N3. The molecule has 110 valence electrons. The molecule has 0 aliphatic heterocycles. The van der Waals surface area contributed by atoms with Crippen LogP contribution in [0.5, 0.6) is 0 Å². The lowest BCUT2D eigenvalue weighted by molar-refractivity contribution is 0.366. The Hall–Kier alpha value is -2.35. The van der Waals surface area contributed by atoms with Crippen molar-refractivity contribution in [3.8, 4) is 17.3 Å². The van der Waals surface area contributed by atoms with Crippen molar-refractivity contribution < 1.29 is 8.78 Å². The van der Waals surface area contributed by atoms with E-state index in [1.54, 1.807) is 6.07 Å². The van der Waals surface area contributed by atoms with Gasteiger partial charge in [-0.05, 0) is 36.8 Å². The van der Waals surface area contributed by atoms with Crippen molar-refractivity contribution in [1.82, 2.24) is 4.57 Å². The van der Waals surface area contributed by atoms with Crippen molar-refractivity contribution in [2.24, 2.45) is 7.05 Å². The molecule has 2 aromatic rings. The minimum absolute atomic E-state index is 0.0148. The summed E-state index contributed by atoms with van der Waals surface area (Å²) in [4.78, 5) is 1.82. The summed E-state index contributed by atoms with van der Waals surface area (Å²) in [6, 6.07) is 8.17. The number of hydrogen-bond donors (Lipinski definition) is 0. The Morgan fingerprint density at radius 3 is 2.71 bits per heavy atom. The molecule has 1 aromatic carbocycles. The maximum Gasteiger partial charge on any atom is 0.140 e. The first-order valence-corrected chi connectivity index (χ1v) is 6.64. The number of nitrogens with zero attached hydrogens (tertiary/aromatic N) is 3. The van der Waals surface area contributed by atoms with Crippen LogP contribution in [0.15, 0.2) is 30.5 Å². The van der Waals surface area contributed by atoms with Crippen molar-refractivity contribution in [1.29, 1.82) is 5.26 Å². The third-order valence-corrected chi connectivity index (χ3v) is 3.34. The lowest BCUT2D eigenvalue weighted by Gasteiger charge is -2.17. The Morgan fingerprint density at radius 1 is 1.38 bits per heavy atom. The van der Waals surface area contributed by atoms with E-state index in [1.807, 2.05) is 41.9 Å². The molecule has 1 atom stereocenters. The number of aryl methyl sites for hydroxylation is 1. The average molecular weight is 289 g/mol. The quantitative estimate of drug-likeness (QED) is 0.863. The maximum absolute atomic E-state index is 13.4. The molecule has 3 nitrogen and oxygen atoms in total. The predicted octanol–water partition coefficient (Wildman–Crippen LogP) is 3.50. The number of anilines is 1. The van der Waals surface area contributed by atoms with E-state index >= 15 is 0 Å². The maximum atomic E-state index is 13.4. The van der Waals surface area contributed by atoms with Crippen LogP contribution in [-0.4, -0.2) is 24.3 Å². The lowest BCUT2D eigenvalue weighted by Crippen LogP contribution is -2.24. The molecule has 1 heterocycles. The summed E-state index contributed by atoms with van der Waals surface area (Å²) in [5, 5.41) is 8.90. The minimum Gasteiger partial charge on any atom is -0.370 e. The van der Waals surface area contributed by atoms with Crippen molar-refractivity contribution in [3.05, 3.63) is 41.8 Å². The molecule has 0 saturated heterocycles. The van der Waals surface area contributed by atoms with E-state index in [9.17, 15) is 8.78 Å². The molecular weight excluding hydrogens is 272 g/mol.